The molecule has 0 saturated carbocycles. The Bertz CT molecular complexity index is 467. The van der Waals surface area contributed by atoms with Gasteiger partial charge in [0.15, 0.2) is 0 Å². The summed E-state index contributed by atoms with van der Waals surface area (Å²) >= 11 is 0. The maximum atomic E-state index is 4.31. The second-order valence-corrected chi connectivity index (χ2v) is 6.67. The number of aromatic nitrogens is 3. The van der Waals surface area contributed by atoms with E-state index in [0.29, 0.717) is 6.04 Å². The second-order valence-electron chi connectivity index (χ2n) is 6.67. The molecule has 2 saturated heterocycles. The van der Waals surface area contributed by atoms with E-state index in [2.05, 4.69) is 45.5 Å². The Hall–Kier alpha value is -0.940. The minimum atomic E-state index is 0.671. The first-order valence-electron chi connectivity index (χ1n) is 7.91. The monoisotopic (exact) mass is 277 g/mol. The van der Waals surface area contributed by atoms with Gasteiger partial charge >= 0.3 is 0 Å². The van der Waals surface area contributed by atoms with Crippen molar-refractivity contribution in [3.8, 4) is 0 Å². The van der Waals surface area contributed by atoms with E-state index in [4.69, 9.17) is 0 Å². The fourth-order valence-corrected chi connectivity index (χ4v) is 3.96. The van der Waals surface area contributed by atoms with Crippen LogP contribution in [-0.4, -0.2) is 55.8 Å². The quantitative estimate of drug-likeness (QED) is 0.840. The van der Waals surface area contributed by atoms with Crippen molar-refractivity contribution in [2.75, 3.05) is 13.1 Å². The summed E-state index contributed by atoms with van der Waals surface area (Å²) in [5, 5.41) is 8.49. The van der Waals surface area contributed by atoms with Crippen LogP contribution >= 0.6 is 0 Å². The summed E-state index contributed by atoms with van der Waals surface area (Å²) in [6.45, 7) is 10.0. The second kappa shape index (κ2) is 5.45. The number of aryl methyl sites for hydroxylation is 1. The predicted molar refractivity (Wildman–Crippen MR) is 79.4 cm³/mol. The van der Waals surface area contributed by atoms with Gasteiger partial charge in [-0.05, 0) is 40.0 Å². The van der Waals surface area contributed by atoms with Gasteiger partial charge in [0.25, 0.3) is 0 Å². The Morgan fingerprint density at radius 1 is 1.15 bits per heavy atom. The molecule has 5 heteroatoms. The molecule has 0 amide bonds. The average Bonchev–Trinajstić information content (AvgIpc) is 2.86. The molecule has 3 rings (SSSR count). The summed E-state index contributed by atoms with van der Waals surface area (Å²) in [4.78, 5) is 5.32. The Balaban J connectivity index is 1.70. The van der Waals surface area contributed by atoms with Gasteiger partial charge < -0.3 is 4.57 Å². The zero-order chi connectivity index (χ0) is 14.3. The van der Waals surface area contributed by atoms with E-state index in [9.17, 15) is 0 Å². The smallest absolute Gasteiger partial charge is 0.146 e. The van der Waals surface area contributed by atoms with Crippen LogP contribution in [0.4, 0.5) is 0 Å². The molecule has 3 heterocycles. The standard InChI is InChI=1S/C15H27N5/c1-11(2)20-13-5-6-14(20)9-19(8-7-13)10-15-17-16-12(3)18(15)4/h11,13-14H,5-10H2,1-4H3. The van der Waals surface area contributed by atoms with Crippen molar-refractivity contribution in [1.82, 2.24) is 24.6 Å². The van der Waals surface area contributed by atoms with E-state index in [1.807, 2.05) is 6.92 Å². The minimum absolute atomic E-state index is 0.671. The number of likely N-dealkylation sites (tertiary alicyclic amines) is 1. The van der Waals surface area contributed by atoms with Crippen LogP contribution in [0.25, 0.3) is 0 Å². The van der Waals surface area contributed by atoms with Crippen molar-refractivity contribution >= 4 is 0 Å². The van der Waals surface area contributed by atoms with Crippen LogP contribution in [0.5, 0.6) is 0 Å². The first-order chi connectivity index (χ1) is 9.56. The van der Waals surface area contributed by atoms with E-state index in [-0.39, 0.29) is 0 Å². The summed E-state index contributed by atoms with van der Waals surface area (Å²) in [6, 6.07) is 2.20. The van der Waals surface area contributed by atoms with Crippen molar-refractivity contribution in [2.45, 2.75) is 64.7 Å². The van der Waals surface area contributed by atoms with Gasteiger partial charge in [-0.25, -0.2) is 0 Å². The predicted octanol–water partition coefficient (Wildman–Crippen LogP) is 1.57. The highest BCUT2D eigenvalue weighted by molar-refractivity contribution is 4.97. The highest BCUT2D eigenvalue weighted by Crippen LogP contribution is 2.32. The third-order valence-electron chi connectivity index (χ3n) is 5.07. The van der Waals surface area contributed by atoms with Crippen molar-refractivity contribution < 1.29 is 0 Å². The van der Waals surface area contributed by atoms with Crippen LogP contribution in [0.15, 0.2) is 0 Å². The molecule has 0 radical (unpaired) electrons. The Morgan fingerprint density at radius 3 is 2.55 bits per heavy atom. The third-order valence-corrected chi connectivity index (χ3v) is 5.07. The van der Waals surface area contributed by atoms with Gasteiger partial charge in [-0.2, -0.15) is 0 Å². The van der Waals surface area contributed by atoms with Crippen LogP contribution in [0.2, 0.25) is 0 Å². The Kier molecular flexibility index (Phi) is 3.82. The lowest BCUT2D eigenvalue weighted by Crippen LogP contribution is -2.43. The SMILES string of the molecule is Cc1nnc(CN2CCC3CCC(C2)N3C(C)C)n1C. The van der Waals surface area contributed by atoms with E-state index in [1.54, 1.807) is 0 Å². The molecular formula is C15H27N5. The largest absolute Gasteiger partial charge is 0.317 e. The van der Waals surface area contributed by atoms with Crippen LogP contribution in [0, 0.1) is 6.92 Å². The van der Waals surface area contributed by atoms with Crippen molar-refractivity contribution in [3.05, 3.63) is 11.6 Å². The lowest BCUT2D eigenvalue weighted by Gasteiger charge is -2.32. The molecule has 2 bridgehead atoms. The number of fused-ring (bicyclic) bond motifs is 2. The van der Waals surface area contributed by atoms with Crippen molar-refractivity contribution in [3.63, 3.8) is 0 Å². The molecule has 112 valence electrons. The lowest BCUT2D eigenvalue weighted by atomic mass is 10.1. The Labute approximate surface area is 122 Å². The molecular weight excluding hydrogens is 250 g/mol. The highest BCUT2D eigenvalue weighted by Gasteiger charge is 2.38. The normalized spacial score (nSPS) is 28.2. The first-order valence-corrected chi connectivity index (χ1v) is 7.91. The number of rotatable bonds is 3. The van der Waals surface area contributed by atoms with Gasteiger partial charge in [0.2, 0.25) is 0 Å². The minimum Gasteiger partial charge on any atom is -0.317 e. The Morgan fingerprint density at radius 2 is 1.90 bits per heavy atom. The maximum Gasteiger partial charge on any atom is 0.146 e. The summed E-state index contributed by atoms with van der Waals surface area (Å²) in [6.07, 6.45) is 4.04. The van der Waals surface area contributed by atoms with Gasteiger partial charge in [0, 0.05) is 38.3 Å². The van der Waals surface area contributed by atoms with Gasteiger partial charge in [-0.3, -0.25) is 9.80 Å². The van der Waals surface area contributed by atoms with Gasteiger partial charge in [-0.15, -0.1) is 10.2 Å². The number of nitrogens with zero attached hydrogens (tertiary/aromatic N) is 5. The van der Waals surface area contributed by atoms with Gasteiger partial charge in [0.1, 0.15) is 11.6 Å². The third kappa shape index (κ3) is 2.49. The fourth-order valence-electron chi connectivity index (χ4n) is 3.96. The lowest BCUT2D eigenvalue weighted by molar-refractivity contribution is 0.144. The molecule has 0 aliphatic carbocycles. The first kappa shape index (κ1) is 14.0. The average molecular weight is 277 g/mol. The molecule has 0 N–H and O–H groups in total. The highest BCUT2D eigenvalue weighted by atomic mass is 15.3. The molecule has 1 aromatic rings. The molecule has 2 aliphatic heterocycles. The van der Waals surface area contributed by atoms with E-state index in [0.717, 1.165) is 30.3 Å². The van der Waals surface area contributed by atoms with Crippen LogP contribution in [0.3, 0.4) is 0 Å². The molecule has 0 aromatic carbocycles. The molecule has 0 spiro atoms. The molecule has 2 atom stereocenters. The fraction of sp³-hybridized carbons (Fsp3) is 0.867. The van der Waals surface area contributed by atoms with E-state index >= 15 is 0 Å². The molecule has 2 fully saturated rings. The molecule has 2 unspecified atom stereocenters. The summed E-state index contributed by atoms with van der Waals surface area (Å²) in [7, 11) is 2.06. The zero-order valence-electron chi connectivity index (χ0n) is 13.2. The molecule has 5 nitrogen and oxygen atoms in total. The van der Waals surface area contributed by atoms with Gasteiger partial charge in [0.05, 0.1) is 6.54 Å². The topological polar surface area (TPSA) is 37.2 Å². The van der Waals surface area contributed by atoms with E-state index in [1.165, 1.54) is 32.4 Å². The summed E-state index contributed by atoms with van der Waals surface area (Å²) in [5.74, 6) is 2.09. The summed E-state index contributed by atoms with van der Waals surface area (Å²) < 4.78 is 2.11. The maximum absolute atomic E-state index is 4.31. The van der Waals surface area contributed by atoms with Crippen LogP contribution in [0.1, 0.15) is 44.8 Å². The van der Waals surface area contributed by atoms with Crippen molar-refractivity contribution in [2.24, 2.45) is 7.05 Å². The van der Waals surface area contributed by atoms with E-state index < -0.39 is 0 Å². The number of hydrogen-bond donors (Lipinski definition) is 0. The van der Waals surface area contributed by atoms with Gasteiger partial charge in [-0.1, -0.05) is 0 Å². The summed E-state index contributed by atoms with van der Waals surface area (Å²) in [5.41, 5.74) is 0. The molecule has 20 heavy (non-hydrogen) atoms. The van der Waals surface area contributed by atoms with Crippen LogP contribution in [-0.2, 0) is 13.6 Å². The molecule has 1 aromatic heterocycles. The molecule has 2 aliphatic rings. The number of hydrogen-bond acceptors (Lipinski definition) is 4. The van der Waals surface area contributed by atoms with Crippen molar-refractivity contribution in [1.29, 1.82) is 0 Å². The van der Waals surface area contributed by atoms with Crippen LogP contribution < -0.4 is 0 Å². The zero-order valence-corrected chi connectivity index (χ0v) is 13.2.